The average molecular weight is 329 g/mol. The summed E-state index contributed by atoms with van der Waals surface area (Å²) in [5, 5.41) is 2.86. The van der Waals surface area contributed by atoms with Crippen LogP contribution in [0.4, 0.5) is 5.69 Å². The van der Waals surface area contributed by atoms with Crippen molar-refractivity contribution in [1.29, 1.82) is 0 Å². The fraction of sp³-hybridized carbons (Fsp3) is 0.278. The quantitative estimate of drug-likeness (QED) is 0.374. The zero-order valence-corrected chi connectivity index (χ0v) is 13.8. The van der Waals surface area contributed by atoms with E-state index in [9.17, 15) is 14.4 Å². The molecule has 1 atom stereocenters. The van der Waals surface area contributed by atoms with Crippen LogP contribution in [0.25, 0.3) is 0 Å². The molecule has 0 saturated heterocycles. The molecule has 0 saturated carbocycles. The van der Waals surface area contributed by atoms with E-state index in [-0.39, 0.29) is 11.4 Å². The first-order chi connectivity index (χ1) is 11.5. The van der Waals surface area contributed by atoms with Gasteiger partial charge >= 0.3 is 5.97 Å². The summed E-state index contributed by atoms with van der Waals surface area (Å²) in [6.07, 6.45) is 2.58. The number of methoxy groups -OCH3 is 1. The monoisotopic (exact) mass is 329 g/mol. The van der Waals surface area contributed by atoms with E-state index in [1.54, 1.807) is 38.1 Å². The highest BCUT2D eigenvalue weighted by molar-refractivity contribution is 6.23. The number of Topliss-reactive ketones (excluding diaryl/α,β-unsaturated/α-hetero) is 1. The molecule has 0 bridgehead atoms. The first-order valence-corrected chi connectivity index (χ1v) is 7.57. The van der Waals surface area contributed by atoms with Gasteiger partial charge in [0.1, 0.15) is 17.4 Å². The van der Waals surface area contributed by atoms with Gasteiger partial charge in [-0.1, -0.05) is 6.92 Å². The molecule has 1 aliphatic rings. The van der Waals surface area contributed by atoms with Crippen LogP contribution in [0.15, 0.2) is 47.9 Å². The highest BCUT2D eigenvalue weighted by Crippen LogP contribution is 2.18. The molecule has 0 amide bonds. The fourth-order valence-corrected chi connectivity index (χ4v) is 2.06. The Hall–Kier alpha value is -2.73. The van der Waals surface area contributed by atoms with Crippen LogP contribution in [0, 0.1) is 0 Å². The molecule has 6 heteroatoms. The summed E-state index contributed by atoms with van der Waals surface area (Å²) in [6.45, 7) is 3.48. The van der Waals surface area contributed by atoms with E-state index >= 15 is 0 Å². The number of anilines is 1. The second-order valence-corrected chi connectivity index (χ2v) is 5.24. The van der Waals surface area contributed by atoms with Crippen molar-refractivity contribution in [2.45, 2.75) is 26.4 Å². The van der Waals surface area contributed by atoms with Crippen molar-refractivity contribution in [2.75, 3.05) is 12.4 Å². The number of nitrogens with one attached hydrogen (secondary N) is 1. The van der Waals surface area contributed by atoms with Crippen molar-refractivity contribution in [3.63, 3.8) is 0 Å². The third-order valence-corrected chi connectivity index (χ3v) is 3.63. The van der Waals surface area contributed by atoms with Gasteiger partial charge < -0.3 is 14.8 Å². The number of cyclic esters (lactones) is 1. The Morgan fingerprint density at radius 1 is 1.29 bits per heavy atom. The first kappa shape index (κ1) is 17.6. The Bertz CT molecular complexity index is 715. The number of hydrogen-bond donors (Lipinski definition) is 1. The number of carbonyl (C=O) groups excluding carboxylic acids is 3. The molecule has 1 N–H and O–H groups in total. The zero-order valence-electron chi connectivity index (χ0n) is 13.8. The van der Waals surface area contributed by atoms with E-state index in [1.807, 2.05) is 0 Å². The van der Waals surface area contributed by atoms with Crippen molar-refractivity contribution in [3.05, 3.63) is 53.4 Å². The number of esters is 1. The number of rotatable bonds is 6. The van der Waals surface area contributed by atoms with Crippen molar-refractivity contribution in [1.82, 2.24) is 0 Å². The van der Waals surface area contributed by atoms with Gasteiger partial charge in [0.2, 0.25) is 0 Å². The molecule has 0 aliphatic carbocycles. The van der Waals surface area contributed by atoms with Gasteiger partial charge in [-0.25, -0.2) is 4.79 Å². The maximum atomic E-state index is 12.0. The molecule has 0 radical (unpaired) electrons. The van der Waals surface area contributed by atoms with E-state index in [0.717, 1.165) is 0 Å². The third-order valence-electron chi connectivity index (χ3n) is 3.63. The van der Waals surface area contributed by atoms with Gasteiger partial charge in [0.15, 0.2) is 11.6 Å². The summed E-state index contributed by atoms with van der Waals surface area (Å²) < 4.78 is 10.0. The van der Waals surface area contributed by atoms with Gasteiger partial charge in [0.25, 0.3) is 0 Å². The van der Waals surface area contributed by atoms with Crippen LogP contribution in [-0.2, 0) is 19.1 Å². The highest BCUT2D eigenvalue weighted by atomic mass is 16.5. The van der Waals surface area contributed by atoms with Gasteiger partial charge in [0.05, 0.1) is 0 Å². The van der Waals surface area contributed by atoms with Crippen molar-refractivity contribution < 1.29 is 23.9 Å². The van der Waals surface area contributed by atoms with Crippen molar-refractivity contribution >= 4 is 23.2 Å². The number of carbonyl (C=O) groups is 3. The number of hydrogen-bond acceptors (Lipinski definition) is 6. The maximum Gasteiger partial charge on any atom is 0.348 e. The molecule has 126 valence electrons. The van der Waals surface area contributed by atoms with Gasteiger partial charge in [0, 0.05) is 37.1 Å². The van der Waals surface area contributed by atoms with Crippen molar-refractivity contribution in [2.24, 2.45) is 0 Å². The molecule has 24 heavy (non-hydrogen) atoms. The number of benzene rings is 1. The molecule has 0 fully saturated rings. The zero-order chi connectivity index (χ0) is 17.7. The summed E-state index contributed by atoms with van der Waals surface area (Å²) in [7, 11) is 1.48. The van der Waals surface area contributed by atoms with Crippen LogP contribution in [0.2, 0.25) is 0 Å². The lowest BCUT2D eigenvalue weighted by Gasteiger charge is -2.13. The highest BCUT2D eigenvalue weighted by Gasteiger charge is 2.25. The Morgan fingerprint density at radius 3 is 2.50 bits per heavy atom. The Labute approximate surface area is 140 Å². The van der Waals surface area contributed by atoms with Crippen molar-refractivity contribution in [3.8, 4) is 0 Å². The second-order valence-electron chi connectivity index (χ2n) is 5.24. The standard InChI is InChI=1S/C18H19NO5/c1-4-14-9-16(20)15(18(22)24-14)10-19-13-7-5-12(6-8-13)17(21)11(2)23-3/h5-11,19H,4H2,1-3H3. The Morgan fingerprint density at radius 2 is 1.96 bits per heavy atom. The van der Waals surface area contributed by atoms with Gasteiger partial charge in [-0.15, -0.1) is 0 Å². The van der Waals surface area contributed by atoms with E-state index in [1.165, 1.54) is 19.4 Å². The average Bonchev–Trinajstić information content (AvgIpc) is 2.60. The molecule has 1 aliphatic heterocycles. The van der Waals surface area contributed by atoms with E-state index < -0.39 is 17.9 Å². The third kappa shape index (κ3) is 3.97. The van der Waals surface area contributed by atoms with Crippen LogP contribution in [0.3, 0.4) is 0 Å². The predicted octanol–water partition coefficient (Wildman–Crippen LogP) is 2.62. The molecular formula is C18H19NO5. The molecule has 1 aromatic carbocycles. The molecule has 2 rings (SSSR count). The topological polar surface area (TPSA) is 81.7 Å². The van der Waals surface area contributed by atoms with E-state index in [2.05, 4.69) is 5.32 Å². The minimum absolute atomic E-state index is 0.0691. The molecule has 1 unspecified atom stereocenters. The van der Waals surface area contributed by atoms with Gasteiger partial charge in [-0.3, -0.25) is 9.59 Å². The predicted molar refractivity (Wildman–Crippen MR) is 88.4 cm³/mol. The Kier molecular flexibility index (Phi) is 5.65. The molecule has 0 spiro atoms. The fourth-order valence-electron chi connectivity index (χ4n) is 2.06. The summed E-state index contributed by atoms with van der Waals surface area (Å²) in [5.74, 6) is -0.827. The van der Waals surface area contributed by atoms with Crippen LogP contribution < -0.4 is 5.32 Å². The van der Waals surface area contributed by atoms with E-state index in [0.29, 0.717) is 23.4 Å². The minimum atomic E-state index is -0.674. The van der Waals surface area contributed by atoms with E-state index in [4.69, 9.17) is 9.47 Å². The number of allylic oxidation sites excluding steroid dienone is 2. The van der Waals surface area contributed by atoms with Crippen LogP contribution >= 0.6 is 0 Å². The molecule has 0 aromatic heterocycles. The minimum Gasteiger partial charge on any atom is -0.427 e. The van der Waals surface area contributed by atoms with Gasteiger partial charge in [-0.05, 0) is 31.2 Å². The smallest absolute Gasteiger partial charge is 0.348 e. The van der Waals surface area contributed by atoms with Crippen LogP contribution in [-0.4, -0.2) is 30.7 Å². The molecule has 1 heterocycles. The summed E-state index contributed by atoms with van der Waals surface area (Å²) in [5.41, 5.74) is 1.08. The largest absolute Gasteiger partial charge is 0.427 e. The lowest BCUT2D eigenvalue weighted by Crippen LogP contribution is -2.21. The molecule has 1 aromatic rings. The normalized spacial score (nSPS) is 17.3. The molecular weight excluding hydrogens is 310 g/mol. The SMILES string of the molecule is CCC1=CC(=O)C(=CNc2ccc(C(=O)C(C)OC)cc2)C(=O)O1. The maximum absolute atomic E-state index is 12.0. The van der Waals surface area contributed by atoms with Gasteiger partial charge in [-0.2, -0.15) is 0 Å². The lowest BCUT2D eigenvalue weighted by atomic mass is 10.1. The summed E-state index contributed by atoms with van der Waals surface area (Å²) in [4.78, 5) is 35.7. The van der Waals surface area contributed by atoms with Crippen LogP contribution in [0.1, 0.15) is 30.6 Å². The summed E-state index contributed by atoms with van der Waals surface area (Å²) >= 11 is 0. The second kappa shape index (κ2) is 7.70. The lowest BCUT2D eigenvalue weighted by molar-refractivity contribution is -0.137. The summed E-state index contributed by atoms with van der Waals surface area (Å²) in [6, 6.07) is 6.65. The Balaban J connectivity index is 2.09. The number of ether oxygens (including phenoxy) is 2. The number of ketones is 2. The van der Waals surface area contributed by atoms with Crippen LogP contribution in [0.5, 0.6) is 0 Å². The first-order valence-electron chi connectivity index (χ1n) is 7.57. The molecule has 6 nitrogen and oxygen atoms in total.